The van der Waals surface area contributed by atoms with Gasteiger partial charge in [0, 0.05) is 37.2 Å². The van der Waals surface area contributed by atoms with Gasteiger partial charge in [-0.3, -0.25) is 4.79 Å². The Morgan fingerprint density at radius 3 is 2.74 bits per heavy atom. The van der Waals surface area contributed by atoms with Crippen LogP contribution in [0.25, 0.3) is 0 Å². The van der Waals surface area contributed by atoms with E-state index in [1.54, 1.807) is 0 Å². The topological polar surface area (TPSA) is 32.3 Å². The minimum absolute atomic E-state index is 0.101. The summed E-state index contributed by atoms with van der Waals surface area (Å²) in [5.74, 6) is 0.530. The summed E-state index contributed by atoms with van der Waals surface area (Å²) >= 11 is 0. The Morgan fingerprint density at radius 2 is 1.91 bits per heavy atom. The Morgan fingerprint density at radius 1 is 1.09 bits per heavy atom. The van der Waals surface area contributed by atoms with Crippen LogP contribution in [0.15, 0.2) is 48.5 Å². The molecule has 3 heteroatoms. The zero-order valence-corrected chi connectivity index (χ0v) is 13.5. The van der Waals surface area contributed by atoms with Gasteiger partial charge in [0.05, 0.1) is 0 Å². The van der Waals surface area contributed by atoms with Gasteiger partial charge in [0.15, 0.2) is 0 Å². The molecule has 1 saturated heterocycles. The number of likely N-dealkylation sites (tertiary alicyclic amines) is 1. The van der Waals surface area contributed by atoms with Gasteiger partial charge in [-0.05, 0) is 30.0 Å². The van der Waals surface area contributed by atoms with E-state index in [2.05, 4.69) is 52.7 Å². The van der Waals surface area contributed by atoms with E-state index in [0.717, 1.165) is 37.2 Å². The third-order valence-electron chi connectivity index (χ3n) is 5.20. The SMILES string of the molecule is Cc1cccc2c1C(=O)N[C@H]1CN(CCc3ccccc3)C[C@H]21. The van der Waals surface area contributed by atoms with Crippen LogP contribution in [0.3, 0.4) is 0 Å². The first-order valence-electron chi connectivity index (χ1n) is 8.39. The molecule has 0 radical (unpaired) electrons. The first-order valence-corrected chi connectivity index (χ1v) is 8.39. The minimum Gasteiger partial charge on any atom is -0.347 e. The van der Waals surface area contributed by atoms with Crippen LogP contribution in [-0.4, -0.2) is 36.5 Å². The van der Waals surface area contributed by atoms with Gasteiger partial charge in [-0.2, -0.15) is 0 Å². The molecule has 1 amide bonds. The summed E-state index contributed by atoms with van der Waals surface area (Å²) in [5, 5.41) is 3.22. The van der Waals surface area contributed by atoms with E-state index in [0.29, 0.717) is 5.92 Å². The van der Waals surface area contributed by atoms with Crippen molar-refractivity contribution in [2.75, 3.05) is 19.6 Å². The molecule has 0 unspecified atom stereocenters. The van der Waals surface area contributed by atoms with Crippen LogP contribution >= 0.6 is 0 Å². The standard InChI is InChI=1S/C20H22N2O/c1-14-6-5-9-16-17-12-22(11-10-15-7-3-2-4-8-15)13-18(17)21-20(23)19(14)16/h2-9,17-18H,10-13H2,1H3,(H,21,23)/t17-,18+/m1/s1. The molecular weight excluding hydrogens is 284 g/mol. The van der Waals surface area contributed by atoms with E-state index >= 15 is 0 Å². The summed E-state index contributed by atoms with van der Waals surface area (Å²) in [6, 6.07) is 17.1. The first kappa shape index (κ1) is 14.5. The van der Waals surface area contributed by atoms with Gasteiger partial charge in [0.25, 0.3) is 5.91 Å². The average Bonchev–Trinajstić information content (AvgIpc) is 2.97. The number of rotatable bonds is 3. The van der Waals surface area contributed by atoms with E-state index in [4.69, 9.17) is 0 Å². The predicted molar refractivity (Wildman–Crippen MR) is 91.8 cm³/mol. The molecule has 118 valence electrons. The minimum atomic E-state index is 0.101. The molecule has 1 N–H and O–H groups in total. The van der Waals surface area contributed by atoms with Gasteiger partial charge in [0.1, 0.15) is 0 Å². The molecule has 4 rings (SSSR count). The van der Waals surface area contributed by atoms with E-state index in [9.17, 15) is 4.79 Å². The normalized spacial score (nSPS) is 23.3. The van der Waals surface area contributed by atoms with Crippen LogP contribution in [0, 0.1) is 6.92 Å². The monoisotopic (exact) mass is 306 g/mol. The summed E-state index contributed by atoms with van der Waals surface area (Å²) in [7, 11) is 0. The van der Waals surface area contributed by atoms with Gasteiger partial charge >= 0.3 is 0 Å². The molecule has 3 nitrogen and oxygen atoms in total. The van der Waals surface area contributed by atoms with Crippen molar-refractivity contribution in [3.8, 4) is 0 Å². The fourth-order valence-corrected chi connectivity index (χ4v) is 4.01. The highest BCUT2D eigenvalue weighted by molar-refractivity contribution is 5.99. The Bertz CT molecular complexity index is 726. The molecule has 0 aliphatic carbocycles. The molecule has 0 spiro atoms. The number of hydrogen-bond acceptors (Lipinski definition) is 2. The second-order valence-electron chi connectivity index (χ2n) is 6.72. The largest absolute Gasteiger partial charge is 0.347 e. The van der Waals surface area contributed by atoms with Crippen molar-refractivity contribution in [3.05, 3.63) is 70.8 Å². The molecule has 0 bridgehead atoms. The smallest absolute Gasteiger partial charge is 0.252 e. The molecule has 23 heavy (non-hydrogen) atoms. The Labute approximate surface area is 137 Å². The summed E-state index contributed by atoms with van der Waals surface area (Å²) in [6.45, 7) is 5.07. The summed E-state index contributed by atoms with van der Waals surface area (Å²) in [4.78, 5) is 14.9. The number of nitrogens with zero attached hydrogens (tertiary/aromatic N) is 1. The van der Waals surface area contributed by atoms with Crippen molar-refractivity contribution in [1.29, 1.82) is 0 Å². The van der Waals surface area contributed by atoms with E-state index in [-0.39, 0.29) is 11.9 Å². The molecule has 0 aromatic heterocycles. The maximum absolute atomic E-state index is 12.4. The van der Waals surface area contributed by atoms with Crippen molar-refractivity contribution < 1.29 is 4.79 Å². The maximum atomic E-state index is 12.4. The van der Waals surface area contributed by atoms with Crippen molar-refractivity contribution in [1.82, 2.24) is 10.2 Å². The maximum Gasteiger partial charge on any atom is 0.252 e. The summed E-state index contributed by atoms with van der Waals surface area (Å²) in [5.41, 5.74) is 4.60. The van der Waals surface area contributed by atoms with Crippen LogP contribution in [0.1, 0.15) is 33.0 Å². The van der Waals surface area contributed by atoms with E-state index in [1.165, 1.54) is 11.1 Å². The number of carbonyl (C=O) groups is 1. The Balaban J connectivity index is 1.50. The quantitative estimate of drug-likeness (QED) is 0.945. The van der Waals surface area contributed by atoms with Crippen LogP contribution < -0.4 is 5.32 Å². The average molecular weight is 306 g/mol. The lowest BCUT2D eigenvalue weighted by Crippen LogP contribution is -2.44. The highest BCUT2D eigenvalue weighted by Gasteiger charge is 2.40. The van der Waals surface area contributed by atoms with Gasteiger partial charge in [0.2, 0.25) is 0 Å². The highest BCUT2D eigenvalue weighted by atomic mass is 16.1. The third-order valence-corrected chi connectivity index (χ3v) is 5.20. The molecule has 2 aliphatic rings. The fourth-order valence-electron chi connectivity index (χ4n) is 4.01. The Kier molecular flexibility index (Phi) is 3.66. The lowest BCUT2D eigenvalue weighted by Gasteiger charge is -2.29. The van der Waals surface area contributed by atoms with Crippen molar-refractivity contribution in [3.63, 3.8) is 0 Å². The molecular formula is C20H22N2O. The lowest BCUT2D eigenvalue weighted by molar-refractivity contribution is 0.0922. The molecule has 2 aromatic carbocycles. The van der Waals surface area contributed by atoms with Gasteiger partial charge in [-0.1, -0.05) is 48.5 Å². The third kappa shape index (κ3) is 2.66. The number of nitrogens with one attached hydrogen (secondary N) is 1. The number of fused-ring (bicyclic) bond motifs is 3. The lowest BCUT2D eigenvalue weighted by atomic mass is 9.84. The second-order valence-corrected chi connectivity index (χ2v) is 6.72. The highest BCUT2D eigenvalue weighted by Crippen LogP contribution is 2.34. The van der Waals surface area contributed by atoms with Gasteiger partial charge in [-0.25, -0.2) is 0 Å². The first-order chi connectivity index (χ1) is 11.2. The van der Waals surface area contributed by atoms with Gasteiger partial charge < -0.3 is 10.2 Å². The number of hydrogen-bond donors (Lipinski definition) is 1. The van der Waals surface area contributed by atoms with Crippen LogP contribution in [0.4, 0.5) is 0 Å². The fraction of sp³-hybridized carbons (Fsp3) is 0.350. The molecule has 2 heterocycles. The number of carbonyl (C=O) groups excluding carboxylic acids is 1. The van der Waals surface area contributed by atoms with E-state index in [1.807, 2.05) is 13.0 Å². The molecule has 2 aromatic rings. The summed E-state index contributed by atoms with van der Waals surface area (Å²) < 4.78 is 0. The number of benzene rings is 2. The number of amides is 1. The van der Waals surface area contributed by atoms with Gasteiger partial charge in [-0.15, -0.1) is 0 Å². The molecule has 2 aliphatic heterocycles. The Hall–Kier alpha value is -2.13. The van der Waals surface area contributed by atoms with E-state index < -0.39 is 0 Å². The predicted octanol–water partition coefficient (Wildman–Crippen LogP) is 2.75. The van der Waals surface area contributed by atoms with Crippen LogP contribution in [-0.2, 0) is 6.42 Å². The zero-order valence-electron chi connectivity index (χ0n) is 13.5. The van der Waals surface area contributed by atoms with Crippen LogP contribution in [0.5, 0.6) is 0 Å². The van der Waals surface area contributed by atoms with Crippen molar-refractivity contribution >= 4 is 5.91 Å². The van der Waals surface area contributed by atoms with Crippen molar-refractivity contribution in [2.45, 2.75) is 25.3 Å². The zero-order chi connectivity index (χ0) is 15.8. The van der Waals surface area contributed by atoms with Crippen LogP contribution in [0.2, 0.25) is 0 Å². The number of aryl methyl sites for hydroxylation is 1. The van der Waals surface area contributed by atoms with Crippen molar-refractivity contribution in [2.24, 2.45) is 0 Å². The second kappa shape index (κ2) is 5.82. The molecule has 1 fully saturated rings. The summed E-state index contributed by atoms with van der Waals surface area (Å²) in [6.07, 6.45) is 1.06. The molecule has 2 atom stereocenters. The molecule has 0 saturated carbocycles.